The summed E-state index contributed by atoms with van der Waals surface area (Å²) in [6.07, 6.45) is 0. The maximum absolute atomic E-state index is 6.24. The summed E-state index contributed by atoms with van der Waals surface area (Å²) < 4.78 is 12.2. The number of hydrogen-bond donors (Lipinski definition) is 2. The van der Waals surface area contributed by atoms with Crippen LogP contribution in [0.25, 0.3) is 88.4 Å². The van der Waals surface area contributed by atoms with Gasteiger partial charge in [-0.15, -0.1) is 0 Å². The van der Waals surface area contributed by atoms with Crippen LogP contribution in [0.3, 0.4) is 0 Å². The van der Waals surface area contributed by atoms with Crippen molar-refractivity contribution in [2.75, 3.05) is 10.6 Å². The summed E-state index contributed by atoms with van der Waals surface area (Å²) in [4.78, 5) is 0. The van der Waals surface area contributed by atoms with Crippen LogP contribution in [0.5, 0.6) is 0 Å². The van der Waals surface area contributed by atoms with E-state index < -0.39 is 0 Å². The Bertz CT molecular complexity index is 3990. The molecule has 2 aliphatic rings. The SMILES string of the molecule is CC1(C)c2ccccc2-c2ccc(Nc3ccc(-c4ccc5oc6ccccc6c5c4)cc3)cc21.CC1(C)c2ccccc2-c2ccc(Nc3ccc(-c4cccc5c4oc4ccccc45)cc3)cc21. The van der Waals surface area contributed by atoms with Gasteiger partial charge < -0.3 is 19.5 Å². The van der Waals surface area contributed by atoms with Gasteiger partial charge in [-0.25, -0.2) is 0 Å². The smallest absolute Gasteiger partial charge is 0.143 e. The van der Waals surface area contributed by atoms with Crippen LogP contribution in [0.2, 0.25) is 0 Å². The zero-order valence-corrected chi connectivity index (χ0v) is 39.6. The maximum atomic E-state index is 6.24. The molecule has 0 unspecified atom stereocenters. The normalized spacial score (nSPS) is 13.7. The molecule has 12 aromatic rings. The lowest BCUT2D eigenvalue weighted by molar-refractivity contribution is 0.660. The van der Waals surface area contributed by atoms with Crippen LogP contribution in [-0.2, 0) is 10.8 Å². The zero-order valence-electron chi connectivity index (χ0n) is 39.6. The van der Waals surface area contributed by atoms with E-state index in [1.54, 1.807) is 0 Å². The third kappa shape index (κ3) is 6.82. The van der Waals surface area contributed by atoms with Gasteiger partial charge in [0.1, 0.15) is 22.3 Å². The van der Waals surface area contributed by atoms with Gasteiger partial charge in [0.15, 0.2) is 0 Å². The molecule has 2 aromatic heterocycles. The molecule has 4 nitrogen and oxygen atoms in total. The van der Waals surface area contributed by atoms with Crippen molar-refractivity contribution in [2.24, 2.45) is 0 Å². The number of para-hydroxylation sites is 3. The number of rotatable bonds is 6. The van der Waals surface area contributed by atoms with E-state index in [4.69, 9.17) is 8.83 Å². The van der Waals surface area contributed by atoms with Crippen molar-refractivity contribution in [3.63, 3.8) is 0 Å². The van der Waals surface area contributed by atoms with Crippen LogP contribution in [0.15, 0.2) is 227 Å². The molecule has 0 aliphatic heterocycles. The van der Waals surface area contributed by atoms with Crippen molar-refractivity contribution in [3.8, 4) is 44.5 Å². The molecule has 70 heavy (non-hydrogen) atoms. The van der Waals surface area contributed by atoms with Crippen molar-refractivity contribution >= 4 is 66.6 Å². The highest BCUT2D eigenvalue weighted by atomic mass is 16.3. The molecule has 336 valence electrons. The van der Waals surface area contributed by atoms with Gasteiger partial charge >= 0.3 is 0 Å². The molecule has 14 rings (SSSR count). The lowest BCUT2D eigenvalue weighted by Gasteiger charge is -2.22. The molecule has 0 bridgehead atoms. The molecule has 0 atom stereocenters. The number of furan rings is 2. The van der Waals surface area contributed by atoms with Crippen LogP contribution >= 0.6 is 0 Å². The van der Waals surface area contributed by atoms with Crippen molar-refractivity contribution < 1.29 is 8.83 Å². The van der Waals surface area contributed by atoms with E-state index in [0.29, 0.717) is 0 Å². The van der Waals surface area contributed by atoms with E-state index in [1.165, 1.54) is 55.6 Å². The monoisotopic (exact) mass is 902 g/mol. The Balaban J connectivity index is 0.000000137. The molecule has 4 heteroatoms. The number of benzene rings is 10. The minimum Gasteiger partial charge on any atom is -0.456 e. The van der Waals surface area contributed by atoms with Crippen molar-refractivity contribution in [3.05, 3.63) is 241 Å². The topological polar surface area (TPSA) is 50.3 Å². The van der Waals surface area contributed by atoms with Crippen molar-refractivity contribution in [1.29, 1.82) is 0 Å². The molecule has 0 amide bonds. The summed E-state index contributed by atoms with van der Waals surface area (Å²) in [6, 6.07) is 77.5. The predicted molar refractivity (Wildman–Crippen MR) is 293 cm³/mol. The minimum atomic E-state index is -0.00125. The standard InChI is InChI=1S/2C33H25NO/c1-33(2)29-12-5-3-8-25(29)26-19-18-23(20-30(26)33)34-22-16-14-21(15-17-22)24-10-7-11-28-27-9-4-6-13-31(27)35-32(24)28;1-33(2)29-9-5-3-7-25(29)26-17-16-24(20-30(26)33)34-23-14-11-21(12-15-23)22-13-18-32-28(19-22)27-8-4-6-10-31(27)35-32/h2*3-20,34H,1-2H3. The van der Waals surface area contributed by atoms with Gasteiger partial charge in [0, 0.05) is 60.7 Å². The average Bonchev–Trinajstić information content (AvgIpc) is 4.10. The van der Waals surface area contributed by atoms with E-state index in [0.717, 1.165) is 77.8 Å². The highest BCUT2D eigenvalue weighted by Gasteiger charge is 2.36. The van der Waals surface area contributed by atoms with Gasteiger partial charge in [0.05, 0.1) is 0 Å². The molecule has 0 saturated carbocycles. The summed E-state index contributed by atoms with van der Waals surface area (Å²) >= 11 is 0. The third-order valence-corrected chi connectivity index (χ3v) is 14.9. The highest BCUT2D eigenvalue weighted by Crippen LogP contribution is 2.51. The Hall–Kier alpha value is -8.60. The lowest BCUT2D eigenvalue weighted by Crippen LogP contribution is -2.15. The Morgan fingerprint density at radius 1 is 0.286 bits per heavy atom. The first-order valence-electron chi connectivity index (χ1n) is 24.2. The predicted octanol–water partition coefficient (Wildman–Crippen LogP) is 18.6. The fourth-order valence-corrected chi connectivity index (χ4v) is 11.3. The van der Waals surface area contributed by atoms with Crippen LogP contribution in [0.4, 0.5) is 22.7 Å². The van der Waals surface area contributed by atoms with Gasteiger partial charge in [0.25, 0.3) is 0 Å². The van der Waals surface area contributed by atoms with Crippen molar-refractivity contribution in [1.82, 2.24) is 0 Å². The first-order chi connectivity index (χ1) is 34.2. The van der Waals surface area contributed by atoms with Crippen LogP contribution in [-0.4, -0.2) is 0 Å². The Morgan fingerprint density at radius 2 is 0.714 bits per heavy atom. The lowest BCUT2D eigenvalue weighted by atomic mass is 9.82. The van der Waals surface area contributed by atoms with E-state index in [1.807, 2.05) is 24.3 Å². The molecule has 0 radical (unpaired) electrons. The second-order valence-corrected chi connectivity index (χ2v) is 19.9. The van der Waals surface area contributed by atoms with Gasteiger partial charge in [-0.2, -0.15) is 0 Å². The quantitative estimate of drug-likeness (QED) is 0.175. The highest BCUT2D eigenvalue weighted by molar-refractivity contribution is 6.10. The van der Waals surface area contributed by atoms with E-state index in [-0.39, 0.29) is 10.8 Å². The zero-order chi connectivity index (χ0) is 47.1. The van der Waals surface area contributed by atoms with Gasteiger partial charge in [-0.3, -0.25) is 0 Å². The molecule has 0 fully saturated rings. The van der Waals surface area contributed by atoms with Crippen molar-refractivity contribution in [2.45, 2.75) is 38.5 Å². The molecule has 2 N–H and O–H groups in total. The second kappa shape index (κ2) is 16.0. The summed E-state index contributed by atoms with van der Waals surface area (Å²) in [7, 11) is 0. The number of nitrogens with one attached hydrogen (secondary N) is 2. The summed E-state index contributed by atoms with van der Waals surface area (Å²) in [6.45, 7) is 9.26. The molecule has 2 aliphatic carbocycles. The summed E-state index contributed by atoms with van der Waals surface area (Å²) in [5.41, 5.74) is 23.7. The van der Waals surface area contributed by atoms with E-state index in [9.17, 15) is 0 Å². The molecule has 10 aromatic carbocycles. The van der Waals surface area contributed by atoms with Crippen LogP contribution in [0.1, 0.15) is 49.9 Å². The molecular formula is C66H50N2O2. The summed E-state index contributed by atoms with van der Waals surface area (Å²) in [5, 5.41) is 11.8. The van der Waals surface area contributed by atoms with Crippen LogP contribution < -0.4 is 10.6 Å². The maximum Gasteiger partial charge on any atom is 0.143 e. The van der Waals surface area contributed by atoms with E-state index >= 15 is 0 Å². The van der Waals surface area contributed by atoms with Gasteiger partial charge in [-0.05, 0) is 134 Å². The fourth-order valence-electron chi connectivity index (χ4n) is 11.3. The first-order valence-corrected chi connectivity index (χ1v) is 24.2. The van der Waals surface area contributed by atoms with Gasteiger partial charge in [0.2, 0.25) is 0 Å². The molecule has 0 spiro atoms. The van der Waals surface area contributed by atoms with Crippen LogP contribution in [0, 0.1) is 0 Å². The largest absolute Gasteiger partial charge is 0.456 e. The Morgan fingerprint density at radius 3 is 1.31 bits per heavy atom. The number of anilines is 4. The number of fused-ring (bicyclic) bond motifs is 12. The minimum absolute atomic E-state index is 0.00125. The molecule has 0 saturated heterocycles. The Kier molecular flexibility index (Phi) is 9.50. The third-order valence-electron chi connectivity index (χ3n) is 14.9. The first kappa shape index (κ1) is 41.6. The fraction of sp³-hybridized carbons (Fsp3) is 0.0909. The second-order valence-electron chi connectivity index (χ2n) is 19.9. The van der Waals surface area contributed by atoms with E-state index in [2.05, 4.69) is 232 Å². The summed E-state index contributed by atoms with van der Waals surface area (Å²) in [5.74, 6) is 0. The molecular weight excluding hydrogens is 853 g/mol. The average molecular weight is 903 g/mol. The Labute approximate surface area is 407 Å². The van der Waals surface area contributed by atoms with Gasteiger partial charge in [-0.1, -0.05) is 173 Å². The molecule has 2 heterocycles. The number of hydrogen-bond acceptors (Lipinski definition) is 4.